The molecule has 0 aromatic heterocycles. The second-order valence-electron chi connectivity index (χ2n) is 4.69. The first-order valence-electron chi connectivity index (χ1n) is 5.88. The van der Waals surface area contributed by atoms with Gasteiger partial charge in [-0.25, -0.2) is 0 Å². The van der Waals surface area contributed by atoms with Gasteiger partial charge < -0.3 is 10.1 Å². The van der Waals surface area contributed by atoms with E-state index in [-0.39, 0.29) is 0 Å². The van der Waals surface area contributed by atoms with Crippen LogP contribution >= 0.6 is 11.8 Å². The average Bonchev–Trinajstić information content (AvgIpc) is 2.66. The molecule has 1 spiro atoms. The minimum Gasteiger partial charge on any atom is -0.497 e. The van der Waals surface area contributed by atoms with Crippen molar-refractivity contribution in [2.24, 2.45) is 0 Å². The quantitative estimate of drug-likeness (QED) is 0.808. The fourth-order valence-corrected chi connectivity index (χ4v) is 4.20. The molecule has 0 unspecified atom stereocenters. The molecule has 1 fully saturated rings. The van der Waals surface area contributed by atoms with E-state index in [0.717, 1.165) is 18.8 Å². The summed E-state index contributed by atoms with van der Waals surface area (Å²) in [6.07, 6.45) is 3.79. The zero-order chi connectivity index (χ0) is 11.0. The zero-order valence-electron chi connectivity index (χ0n) is 9.58. The third-order valence-electron chi connectivity index (χ3n) is 3.62. The van der Waals surface area contributed by atoms with Crippen LogP contribution in [-0.2, 0) is 6.42 Å². The number of hydrogen-bond acceptors (Lipinski definition) is 3. The number of benzene rings is 1. The maximum atomic E-state index is 5.29. The molecule has 0 aliphatic carbocycles. The van der Waals surface area contributed by atoms with E-state index in [9.17, 15) is 0 Å². The molecule has 2 aliphatic heterocycles. The second kappa shape index (κ2) is 3.97. The van der Waals surface area contributed by atoms with Crippen molar-refractivity contribution < 1.29 is 4.74 Å². The van der Waals surface area contributed by atoms with Crippen LogP contribution < -0.4 is 10.1 Å². The van der Waals surface area contributed by atoms with E-state index < -0.39 is 0 Å². The molecular weight excluding hydrogens is 218 g/mol. The Labute approximate surface area is 101 Å². The van der Waals surface area contributed by atoms with Gasteiger partial charge in [0.2, 0.25) is 0 Å². The van der Waals surface area contributed by atoms with Crippen molar-refractivity contribution in [1.29, 1.82) is 0 Å². The molecule has 1 aromatic carbocycles. The summed E-state index contributed by atoms with van der Waals surface area (Å²) in [4.78, 5) is 1.46. The molecule has 0 atom stereocenters. The lowest BCUT2D eigenvalue weighted by molar-refractivity contribution is 0.408. The van der Waals surface area contributed by atoms with Gasteiger partial charge in [0.1, 0.15) is 5.75 Å². The van der Waals surface area contributed by atoms with Gasteiger partial charge in [0.25, 0.3) is 0 Å². The molecule has 2 aliphatic rings. The van der Waals surface area contributed by atoms with Crippen molar-refractivity contribution in [3.8, 4) is 5.75 Å². The van der Waals surface area contributed by atoms with Gasteiger partial charge in [-0.05, 0) is 56.1 Å². The van der Waals surface area contributed by atoms with Crippen molar-refractivity contribution in [2.45, 2.75) is 28.9 Å². The Morgan fingerprint density at radius 1 is 1.31 bits per heavy atom. The van der Waals surface area contributed by atoms with Gasteiger partial charge in [0.15, 0.2) is 0 Å². The van der Waals surface area contributed by atoms with Gasteiger partial charge in [-0.1, -0.05) is 0 Å². The second-order valence-corrected chi connectivity index (χ2v) is 6.20. The SMILES string of the molecule is COc1ccc2c(c1)CC1(CCNCC1)S2. The highest BCUT2D eigenvalue weighted by Crippen LogP contribution is 2.50. The predicted molar refractivity (Wildman–Crippen MR) is 67.4 cm³/mol. The Hall–Kier alpha value is -0.670. The van der Waals surface area contributed by atoms with Crippen molar-refractivity contribution in [1.82, 2.24) is 5.32 Å². The molecule has 2 nitrogen and oxygen atoms in total. The standard InChI is InChI=1S/C13H17NOS/c1-15-11-2-3-12-10(8-11)9-13(16-12)4-6-14-7-5-13/h2-3,8,14H,4-7,9H2,1H3. The Morgan fingerprint density at radius 2 is 2.12 bits per heavy atom. The third kappa shape index (κ3) is 1.72. The van der Waals surface area contributed by atoms with Crippen LogP contribution in [0.3, 0.4) is 0 Å². The van der Waals surface area contributed by atoms with E-state index in [1.165, 1.54) is 29.7 Å². The van der Waals surface area contributed by atoms with Crippen LogP contribution in [0.25, 0.3) is 0 Å². The number of fused-ring (bicyclic) bond motifs is 1. The normalized spacial score (nSPS) is 22.1. The minimum absolute atomic E-state index is 0.472. The number of piperidine rings is 1. The molecule has 0 saturated carbocycles. The maximum absolute atomic E-state index is 5.29. The van der Waals surface area contributed by atoms with Crippen LogP contribution in [0.5, 0.6) is 5.75 Å². The highest BCUT2D eigenvalue weighted by atomic mass is 32.2. The first-order valence-corrected chi connectivity index (χ1v) is 6.70. The fraction of sp³-hybridized carbons (Fsp3) is 0.538. The van der Waals surface area contributed by atoms with Gasteiger partial charge in [-0.2, -0.15) is 0 Å². The van der Waals surface area contributed by atoms with Gasteiger partial charge in [0, 0.05) is 9.64 Å². The van der Waals surface area contributed by atoms with E-state index in [0.29, 0.717) is 4.75 Å². The monoisotopic (exact) mass is 235 g/mol. The summed E-state index contributed by atoms with van der Waals surface area (Å²) in [5, 5.41) is 3.45. The highest BCUT2D eigenvalue weighted by Gasteiger charge is 2.39. The molecule has 0 radical (unpaired) electrons. The molecule has 3 rings (SSSR count). The highest BCUT2D eigenvalue weighted by molar-refractivity contribution is 8.01. The number of nitrogens with one attached hydrogen (secondary N) is 1. The first kappa shape index (κ1) is 10.5. The van der Waals surface area contributed by atoms with Crippen molar-refractivity contribution in [3.63, 3.8) is 0 Å². The Morgan fingerprint density at radius 3 is 2.88 bits per heavy atom. The lowest BCUT2D eigenvalue weighted by Crippen LogP contribution is -2.39. The largest absolute Gasteiger partial charge is 0.497 e. The molecule has 3 heteroatoms. The van der Waals surface area contributed by atoms with Gasteiger partial charge in [0.05, 0.1) is 7.11 Å². The number of thioether (sulfide) groups is 1. The number of methoxy groups -OCH3 is 1. The summed E-state index contributed by atoms with van der Waals surface area (Å²) in [5.41, 5.74) is 1.48. The van der Waals surface area contributed by atoms with Crippen LogP contribution in [0, 0.1) is 0 Å². The van der Waals surface area contributed by atoms with Crippen LogP contribution in [0.2, 0.25) is 0 Å². The average molecular weight is 235 g/mol. The molecular formula is C13H17NOS. The minimum atomic E-state index is 0.472. The third-order valence-corrected chi connectivity index (χ3v) is 5.23. The summed E-state index contributed by atoms with van der Waals surface area (Å²) in [6.45, 7) is 2.33. The maximum Gasteiger partial charge on any atom is 0.119 e. The van der Waals surface area contributed by atoms with Crippen LogP contribution in [0.15, 0.2) is 23.1 Å². The van der Waals surface area contributed by atoms with Crippen LogP contribution in [0.4, 0.5) is 0 Å². The lowest BCUT2D eigenvalue weighted by atomic mass is 9.90. The predicted octanol–water partition coefficient (Wildman–Crippen LogP) is 2.47. The van der Waals surface area contributed by atoms with Gasteiger partial charge in [-0.3, -0.25) is 0 Å². The van der Waals surface area contributed by atoms with E-state index in [1.54, 1.807) is 7.11 Å². The molecule has 1 N–H and O–H groups in total. The molecule has 16 heavy (non-hydrogen) atoms. The Kier molecular flexibility index (Phi) is 2.60. The molecule has 0 amide bonds. The van der Waals surface area contributed by atoms with Gasteiger partial charge in [-0.15, -0.1) is 11.8 Å². The summed E-state index contributed by atoms with van der Waals surface area (Å²) < 4.78 is 5.77. The molecule has 0 bridgehead atoms. The van der Waals surface area contributed by atoms with Crippen LogP contribution in [-0.4, -0.2) is 24.9 Å². The topological polar surface area (TPSA) is 21.3 Å². The van der Waals surface area contributed by atoms with E-state index >= 15 is 0 Å². The smallest absolute Gasteiger partial charge is 0.119 e. The summed E-state index contributed by atoms with van der Waals surface area (Å²) in [7, 11) is 1.74. The number of rotatable bonds is 1. The summed E-state index contributed by atoms with van der Waals surface area (Å²) in [5.74, 6) is 0.991. The zero-order valence-corrected chi connectivity index (χ0v) is 10.4. The lowest BCUT2D eigenvalue weighted by Gasteiger charge is -2.32. The van der Waals surface area contributed by atoms with Crippen molar-refractivity contribution in [3.05, 3.63) is 23.8 Å². The fourth-order valence-electron chi connectivity index (χ4n) is 2.70. The summed E-state index contributed by atoms with van der Waals surface area (Å²) >= 11 is 2.08. The molecule has 2 heterocycles. The van der Waals surface area contributed by atoms with Crippen molar-refractivity contribution in [2.75, 3.05) is 20.2 Å². The Bertz CT molecular complexity index is 399. The van der Waals surface area contributed by atoms with E-state index in [4.69, 9.17) is 4.74 Å². The van der Waals surface area contributed by atoms with E-state index in [1.807, 2.05) is 0 Å². The van der Waals surface area contributed by atoms with Crippen LogP contribution in [0.1, 0.15) is 18.4 Å². The van der Waals surface area contributed by atoms with Gasteiger partial charge >= 0.3 is 0 Å². The molecule has 1 aromatic rings. The summed E-state index contributed by atoms with van der Waals surface area (Å²) in [6, 6.07) is 6.50. The first-order chi connectivity index (χ1) is 7.81. The number of ether oxygens (including phenoxy) is 1. The number of hydrogen-bond donors (Lipinski definition) is 1. The Balaban J connectivity index is 1.87. The molecule has 1 saturated heterocycles. The van der Waals surface area contributed by atoms with Crippen molar-refractivity contribution >= 4 is 11.8 Å². The van der Waals surface area contributed by atoms with E-state index in [2.05, 4.69) is 35.3 Å². The molecule has 86 valence electrons.